The monoisotopic (exact) mass is 337 g/mol. The van der Waals surface area contributed by atoms with Crippen LogP contribution in [0.5, 0.6) is 0 Å². The molecule has 7 nitrogen and oxygen atoms in total. The topological polar surface area (TPSA) is 101 Å². The summed E-state index contributed by atoms with van der Waals surface area (Å²) in [5.41, 5.74) is 9.67. The van der Waals surface area contributed by atoms with Crippen molar-refractivity contribution in [1.82, 2.24) is 20.0 Å². The van der Waals surface area contributed by atoms with E-state index in [9.17, 15) is 4.79 Å². The predicted octanol–water partition coefficient (Wildman–Crippen LogP) is 1.87. The van der Waals surface area contributed by atoms with Gasteiger partial charge in [-0.3, -0.25) is 9.69 Å². The molecule has 1 aromatic carbocycles. The van der Waals surface area contributed by atoms with Gasteiger partial charge in [0.2, 0.25) is 0 Å². The zero-order valence-electron chi connectivity index (χ0n) is 14.0. The number of nitrogen functional groups attached to an aromatic ring is 1. The van der Waals surface area contributed by atoms with Crippen molar-refractivity contribution in [3.05, 3.63) is 63.4 Å². The number of aromatic amines is 1. The zero-order valence-corrected chi connectivity index (χ0v) is 14.0. The molecule has 3 aromatic rings. The highest BCUT2D eigenvalue weighted by molar-refractivity contribution is 5.58. The summed E-state index contributed by atoms with van der Waals surface area (Å²) in [5.74, 6) is 1.37. The number of aromatic nitrogens is 3. The second-order valence-electron chi connectivity index (χ2n) is 6.35. The number of fused-ring (bicyclic) bond motifs is 1. The summed E-state index contributed by atoms with van der Waals surface area (Å²) in [6.45, 7) is 3.97. The van der Waals surface area contributed by atoms with Crippen LogP contribution in [0.2, 0.25) is 0 Å². The van der Waals surface area contributed by atoms with Crippen LogP contribution in [0.25, 0.3) is 11.4 Å². The van der Waals surface area contributed by atoms with Crippen LogP contribution in [-0.2, 0) is 19.5 Å². The first-order valence-corrected chi connectivity index (χ1v) is 8.21. The fourth-order valence-corrected chi connectivity index (χ4v) is 3.13. The predicted molar refractivity (Wildman–Crippen MR) is 93.8 cm³/mol. The van der Waals surface area contributed by atoms with E-state index in [-0.39, 0.29) is 5.56 Å². The molecule has 0 amide bonds. The number of H-pyrrole nitrogens is 1. The highest BCUT2D eigenvalue weighted by Gasteiger charge is 2.22. The molecule has 4 rings (SSSR count). The molecule has 25 heavy (non-hydrogen) atoms. The number of rotatable bonds is 3. The van der Waals surface area contributed by atoms with Gasteiger partial charge in [-0.15, -0.1) is 0 Å². The smallest absolute Gasteiger partial charge is 0.254 e. The quantitative estimate of drug-likeness (QED) is 0.708. The first kappa shape index (κ1) is 15.6. The minimum atomic E-state index is -0.0613. The first-order chi connectivity index (χ1) is 12.1. The average molecular weight is 337 g/mol. The van der Waals surface area contributed by atoms with Gasteiger partial charge >= 0.3 is 0 Å². The summed E-state index contributed by atoms with van der Waals surface area (Å²) in [4.78, 5) is 22.2. The largest absolute Gasteiger partial charge is 0.399 e. The molecule has 0 aliphatic carbocycles. The molecule has 0 atom stereocenters. The van der Waals surface area contributed by atoms with Gasteiger partial charge in [0.15, 0.2) is 0 Å². The summed E-state index contributed by atoms with van der Waals surface area (Å²) in [6.07, 6.45) is 0.677. The van der Waals surface area contributed by atoms with Crippen LogP contribution in [0.4, 0.5) is 5.69 Å². The van der Waals surface area contributed by atoms with Gasteiger partial charge in [0.05, 0.1) is 11.4 Å². The Morgan fingerprint density at radius 3 is 2.84 bits per heavy atom. The molecule has 128 valence electrons. The van der Waals surface area contributed by atoms with Gasteiger partial charge in [-0.2, -0.15) is 0 Å². The van der Waals surface area contributed by atoms with Gasteiger partial charge in [-0.05, 0) is 37.6 Å². The van der Waals surface area contributed by atoms with Crippen LogP contribution in [0.15, 0.2) is 39.6 Å². The van der Waals surface area contributed by atoms with E-state index in [1.54, 1.807) is 12.1 Å². The van der Waals surface area contributed by atoms with E-state index in [2.05, 4.69) is 20.0 Å². The number of anilines is 1. The third-order valence-corrected chi connectivity index (χ3v) is 4.40. The van der Waals surface area contributed by atoms with Gasteiger partial charge in [0.25, 0.3) is 5.56 Å². The minimum Gasteiger partial charge on any atom is -0.399 e. The number of nitrogens with one attached hydrogen (secondary N) is 1. The second-order valence-corrected chi connectivity index (χ2v) is 6.35. The normalized spacial score (nSPS) is 14.4. The van der Waals surface area contributed by atoms with Crippen molar-refractivity contribution >= 4 is 5.69 Å². The maximum Gasteiger partial charge on any atom is 0.254 e. The molecule has 0 spiro atoms. The van der Waals surface area contributed by atoms with E-state index in [1.807, 2.05) is 25.1 Å². The highest BCUT2D eigenvalue weighted by Crippen LogP contribution is 2.20. The van der Waals surface area contributed by atoms with Crippen LogP contribution < -0.4 is 11.3 Å². The number of aryl methyl sites for hydroxylation is 1. The summed E-state index contributed by atoms with van der Waals surface area (Å²) in [5, 5.41) is 4.04. The van der Waals surface area contributed by atoms with Crippen LogP contribution in [0.1, 0.15) is 22.7 Å². The third-order valence-electron chi connectivity index (χ3n) is 4.40. The Balaban J connectivity index is 1.62. The lowest BCUT2D eigenvalue weighted by Gasteiger charge is -2.26. The van der Waals surface area contributed by atoms with E-state index in [4.69, 9.17) is 10.3 Å². The number of benzene rings is 1. The van der Waals surface area contributed by atoms with E-state index in [0.717, 1.165) is 34.8 Å². The minimum absolute atomic E-state index is 0.0613. The maximum atomic E-state index is 12.4. The number of nitrogens with two attached hydrogens (primary N) is 1. The van der Waals surface area contributed by atoms with Gasteiger partial charge in [-0.1, -0.05) is 5.16 Å². The fraction of sp³-hybridized carbons (Fsp3) is 0.278. The van der Waals surface area contributed by atoms with Crippen molar-refractivity contribution in [2.75, 3.05) is 12.3 Å². The lowest BCUT2D eigenvalue weighted by molar-refractivity contribution is 0.232. The van der Waals surface area contributed by atoms with E-state index in [1.165, 1.54) is 0 Å². The molecule has 1 aliphatic heterocycles. The van der Waals surface area contributed by atoms with Gasteiger partial charge in [-0.25, -0.2) is 4.98 Å². The fourth-order valence-electron chi connectivity index (χ4n) is 3.13. The third kappa shape index (κ3) is 3.18. The lowest BCUT2D eigenvalue weighted by atomic mass is 10.1. The van der Waals surface area contributed by atoms with E-state index < -0.39 is 0 Å². The Hall–Kier alpha value is -2.93. The van der Waals surface area contributed by atoms with Crippen molar-refractivity contribution in [3.63, 3.8) is 0 Å². The summed E-state index contributed by atoms with van der Waals surface area (Å²) < 4.78 is 5.12. The molecule has 3 N–H and O–H groups in total. The molecule has 1 aliphatic rings. The highest BCUT2D eigenvalue weighted by atomic mass is 16.5. The number of hydrogen-bond acceptors (Lipinski definition) is 6. The molecule has 0 saturated heterocycles. The van der Waals surface area contributed by atoms with Crippen molar-refractivity contribution in [2.45, 2.75) is 26.4 Å². The van der Waals surface area contributed by atoms with Crippen LogP contribution >= 0.6 is 0 Å². The molecule has 3 heterocycles. The standard InChI is InChI=1S/C18H19N5O2/c1-11-8-14(22-25-11)9-23-7-6-15-16(10-23)20-17(21-18(15)24)12-2-4-13(19)5-3-12/h2-5,8H,6-7,9-10,19H2,1H3,(H,20,21,24). The zero-order chi connectivity index (χ0) is 17.4. The van der Waals surface area contributed by atoms with E-state index in [0.29, 0.717) is 31.0 Å². The maximum absolute atomic E-state index is 12.4. The lowest BCUT2D eigenvalue weighted by Crippen LogP contribution is -2.35. The van der Waals surface area contributed by atoms with Crippen molar-refractivity contribution in [3.8, 4) is 11.4 Å². The second kappa shape index (κ2) is 6.18. The van der Waals surface area contributed by atoms with Gasteiger partial charge in [0.1, 0.15) is 11.6 Å². The molecule has 0 radical (unpaired) electrons. The Morgan fingerprint density at radius 2 is 2.12 bits per heavy atom. The van der Waals surface area contributed by atoms with Crippen LogP contribution in [0, 0.1) is 6.92 Å². The summed E-state index contributed by atoms with van der Waals surface area (Å²) >= 11 is 0. The molecule has 2 aromatic heterocycles. The molecule has 0 fully saturated rings. The molecule has 0 saturated carbocycles. The Labute approximate surface area is 144 Å². The van der Waals surface area contributed by atoms with Gasteiger partial charge in [0, 0.05) is 42.5 Å². The first-order valence-electron chi connectivity index (χ1n) is 8.21. The SMILES string of the molecule is Cc1cc(CN2CCc3c(nc(-c4ccc(N)cc4)[nH]c3=O)C2)no1. The van der Waals surface area contributed by atoms with Crippen molar-refractivity contribution < 1.29 is 4.52 Å². The average Bonchev–Trinajstić information content (AvgIpc) is 3.00. The Bertz CT molecular complexity index is 958. The summed E-state index contributed by atoms with van der Waals surface area (Å²) in [6, 6.07) is 9.25. The van der Waals surface area contributed by atoms with Crippen LogP contribution in [-0.4, -0.2) is 26.6 Å². The van der Waals surface area contributed by atoms with Crippen LogP contribution in [0.3, 0.4) is 0 Å². The molecule has 0 bridgehead atoms. The number of nitrogens with zero attached hydrogens (tertiary/aromatic N) is 3. The Kier molecular flexibility index (Phi) is 3.85. The molecule has 7 heteroatoms. The summed E-state index contributed by atoms with van der Waals surface area (Å²) in [7, 11) is 0. The molecular weight excluding hydrogens is 318 g/mol. The molecular formula is C18H19N5O2. The molecule has 0 unspecified atom stereocenters. The van der Waals surface area contributed by atoms with Crippen molar-refractivity contribution in [1.29, 1.82) is 0 Å². The van der Waals surface area contributed by atoms with Gasteiger partial charge < -0.3 is 15.2 Å². The Morgan fingerprint density at radius 1 is 1.32 bits per heavy atom. The number of hydrogen-bond donors (Lipinski definition) is 2. The van der Waals surface area contributed by atoms with E-state index >= 15 is 0 Å². The van der Waals surface area contributed by atoms with Crippen molar-refractivity contribution in [2.24, 2.45) is 0 Å².